The number of likely N-dealkylation sites (tertiary alicyclic amines) is 1. The fraction of sp³-hybridized carbons (Fsp3) is 0.615. The van der Waals surface area contributed by atoms with Crippen LogP contribution in [0.3, 0.4) is 0 Å². The Morgan fingerprint density at radius 1 is 1.19 bits per heavy atom. The number of thiazole rings is 1. The minimum atomic E-state index is -0.324. The van der Waals surface area contributed by atoms with Crippen LogP contribution in [0.15, 0.2) is 9.59 Å². The maximum atomic E-state index is 12.4. The van der Waals surface area contributed by atoms with Gasteiger partial charge in [0.25, 0.3) is 5.56 Å². The lowest BCUT2D eigenvalue weighted by atomic mass is 10.1. The van der Waals surface area contributed by atoms with Crippen molar-refractivity contribution in [3.8, 4) is 0 Å². The SMILES string of the molecule is Cn1c(=O)n(CCN2CCCCC2)c(=O)c2sc(N)nc21. The molecule has 1 fully saturated rings. The van der Waals surface area contributed by atoms with Crippen molar-refractivity contribution < 1.29 is 0 Å². The first-order chi connectivity index (χ1) is 10.1. The van der Waals surface area contributed by atoms with Gasteiger partial charge in [-0.3, -0.25) is 13.9 Å². The summed E-state index contributed by atoms with van der Waals surface area (Å²) < 4.78 is 3.15. The maximum absolute atomic E-state index is 12.4. The molecule has 114 valence electrons. The van der Waals surface area contributed by atoms with Crippen LogP contribution in [0.4, 0.5) is 5.13 Å². The molecule has 2 aromatic rings. The van der Waals surface area contributed by atoms with Gasteiger partial charge in [0.15, 0.2) is 10.8 Å². The van der Waals surface area contributed by atoms with Crippen molar-refractivity contribution in [3.05, 3.63) is 20.8 Å². The predicted molar refractivity (Wildman–Crippen MR) is 83.8 cm³/mol. The van der Waals surface area contributed by atoms with Gasteiger partial charge in [-0.2, -0.15) is 0 Å². The topological polar surface area (TPSA) is 86.2 Å². The predicted octanol–water partition coefficient (Wildman–Crippen LogP) is 0.225. The highest BCUT2D eigenvalue weighted by Gasteiger charge is 2.16. The maximum Gasteiger partial charge on any atom is 0.332 e. The number of nitrogen functional groups attached to an aromatic ring is 1. The number of nitrogens with two attached hydrogens (primary N) is 1. The molecule has 0 aromatic carbocycles. The lowest BCUT2D eigenvalue weighted by molar-refractivity contribution is 0.218. The Morgan fingerprint density at radius 3 is 2.62 bits per heavy atom. The first-order valence-corrected chi connectivity index (χ1v) is 7.98. The van der Waals surface area contributed by atoms with Crippen molar-refractivity contribution in [2.45, 2.75) is 25.8 Å². The molecule has 8 heteroatoms. The van der Waals surface area contributed by atoms with E-state index in [0.717, 1.165) is 31.0 Å². The minimum absolute atomic E-state index is 0.278. The van der Waals surface area contributed by atoms with Gasteiger partial charge < -0.3 is 10.6 Å². The molecule has 0 aliphatic carbocycles. The molecule has 3 heterocycles. The van der Waals surface area contributed by atoms with E-state index in [1.54, 1.807) is 7.05 Å². The highest BCUT2D eigenvalue weighted by molar-refractivity contribution is 7.21. The minimum Gasteiger partial charge on any atom is -0.375 e. The third kappa shape index (κ3) is 2.60. The van der Waals surface area contributed by atoms with E-state index in [0.29, 0.717) is 22.0 Å². The summed E-state index contributed by atoms with van der Waals surface area (Å²) in [7, 11) is 1.63. The van der Waals surface area contributed by atoms with Gasteiger partial charge >= 0.3 is 5.69 Å². The van der Waals surface area contributed by atoms with E-state index in [1.165, 1.54) is 28.4 Å². The fourth-order valence-electron chi connectivity index (χ4n) is 2.80. The number of piperidine rings is 1. The molecule has 7 nitrogen and oxygen atoms in total. The molecular formula is C13H19N5O2S. The Kier molecular flexibility index (Phi) is 3.81. The molecule has 0 spiro atoms. The molecule has 21 heavy (non-hydrogen) atoms. The highest BCUT2D eigenvalue weighted by atomic mass is 32.1. The molecule has 2 aromatic heterocycles. The second-order valence-electron chi connectivity index (χ2n) is 5.41. The molecule has 0 radical (unpaired) electrons. The zero-order valence-electron chi connectivity index (χ0n) is 12.0. The quantitative estimate of drug-likeness (QED) is 0.877. The summed E-state index contributed by atoms with van der Waals surface area (Å²) in [6.07, 6.45) is 3.65. The van der Waals surface area contributed by atoms with Crippen molar-refractivity contribution in [1.82, 2.24) is 19.0 Å². The van der Waals surface area contributed by atoms with Crippen LogP contribution in [0.5, 0.6) is 0 Å². The average molecular weight is 309 g/mol. The summed E-state index contributed by atoms with van der Waals surface area (Å²) in [6.45, 7) is 3.24. The van der Waals surface area contributed by atoms with Gasteiger partial charge in [-0.1, -0.05) is 17.8 Å². The van der Waals surface area contributed by atoms with Crippen molar-refractivity contribution >= 4 is 26.8 Å². The van der Waals surface area contributed by atoms with Gasteiger partial charge in [-0.05, 0) is 25.9 Å². The largest absolute Gasteiger partial charge is 0.375 e. The summed E-state index contributed by atoms with van der Waals surface area (Å²) in [6, 6.07) is 0. The number of aromatic nitrogens is 3. The normalized spacial score (nSPS) is 16.6. The molecule has 2 N–H and O–H groups in total. The van der Waals surface area contributed by atoms with Crippen molar-refractivity contribution in [1.29, 1.82) is 0 Å². The zero-order valence-corrected chi connectivity index (χ0v) is 12.9. The van der Waals surface area contributed by atoms with Crippen LogP contribution in [0.25, 0.3) is 10.3 Å². The summed E-state index contributed by atoms with van der Waals surface area (Å²) >= 11 is 1.14. The Morgan fingerprint density at radius 2 is 1.90 bits per heavy atom. The highest BCUT2D eigenvalue weighted by Crippen LogP contribution is 2.18. The first kappa shape index (κ1) is 14.3. The van der Waals surface area contributed by atoms with Gasteiger partial charge in [0.2, 0.25) is 0 Å². The smallest absolute Gasteiger partial charge is 0.332 e. The molecule has 1 aliphatic rings. The number of rotatable bonds is 3. The van der Waals surface area contributed by atoms with Crippen molar-refractivity contribution in [2.24, 2.45) is 7.05 Å². The molecule has 0 atom stereocenters. The van der Waals surface area contributed by atoms with Crippen LogP contribution in [0.1, 0.15) is 19.3 Å². The van der Waals surface area contributed by atoms with E-state index in [9.17, 15) is 9.59 Å². The third-order valence-electron chi connectivity index (χ3n) is 3.99. The van der Waals surface area contributed by atoms with Gasteiger partial charge in [0.1, 0.15) is 4.70 Å². The number of nitrogens with zero attached hydrogens (tertiary/aromatic N) is 4. The van der Waals surface area contributed by atoms with E-state index < -0.39 is 0 Å². The Balaban J connectivity index is 1.94. The molecular weight excluding hydrogens is 290 g/mol. The lowest BCUT2D eigenvalue weighted by Gasteiger charge is -2.26. The molecule has 1 aliphatic heterocycles. The summed E-state index contributed by atoms with van der Waals surface area (Å²) in [5.41, 5.74) is 5.43. The number of hydrogen-bond acceptors (Lipinski definition) is 6. The van der Waals surface area contributed by atoms with E-state index >= 15 is 0 Å². The average Bonchev–Trinajstić information content (AvgIpc) is 2.88. The van der Waals surface area contributed by atoms with Crippen LogP contribution >= 0.6 is 11.3 Å². The third-order valence-corrected chi connectivity index (χ3v) is 4.85. The second kappa shape index (κ2) is 5.61. The van der Waals surface area contributed by atoms with Gasteiger partial charge in [0.05, 0.1) is 0 Å². The summed E-state index contributed by atoms with van der Waals surface area (Å²) in [5.74, 6) is 0. The number of aryl methyl sites for hydroxylation is 1. The van der Waals surface area contributed by atoms with Crippen LogP contribution in [-0.2, 0) is 13.6 Å². The monoisotopic (exact) mass is 309 g/mol. The fourth-order valence-corrected chi connectivity index (χ4v) is 3.61. The summed E-state index contributed by atoms with van der Waals surface area (Å²) in [5, 5.41) is 0.311. The number of hydrogen-bond donors (Lipinski definition) is 1. The lowest BCUT2D eigenvalue weighted by Crippen LogP contribution is -2.42. The Bertz CT molecular complexity index is 769. The van der Waals surface area contributed by atoms with E-state index in [1.807, 2.05) is 0 Å². The van der Waals surface area contributed by atoms with E-state index in [-0.39, 0.29) is 11.2 Å². The molecule has 0 bridgehead atoms. The van der Waals surface area contributed by atoms with Crippen LogP contribution in [-0.4, -0.2) is 38.7 Å². The number of anilines is 1. The van der Waals surface area contributed by atoms with E-state index in [4.69, 9.17) is 5.73 Å². The number of fused-ring (bicyclic) bond motifs is 1. The van der Waals surface area contributed by atoms with Crippen LogP contribution < -0.4 is 17.0 Å². The van der Waals surface area contributed by atoms with Crippen molar-refractivity contribution in [2.75, 3.05) is 25.4 Å². The van der Waals surface area contributed by atoms with Gasteiger partial charge in [0, 0.05) is 20.1 Å². The van der Waals surface area contributed by atoms with Crippen LogP contribution in [0.2, 0.25) is 0 Å². The molecule has 0 amide bonds. The van der Waals surface area contributed by atoms with Gasteiger partial charge in [-0.25, -0.2) is 9.78 Å². The zero-order chi connectivity index (χ0) is 15.0. The van der Waals surface area contributed by atoms with E-state index in [2.05, 4.69) is 9.88 Å². The Hall–Kier alpha value is -1.67. The van der Waals surface area contributed by atoms with Crippen molar-refractivity contribution in [3.63, 3.8) is 0 Å². The van der Waals surface area contributed by atoms with Crippen LogP contribution in [0, 0.1) is 0 Å². The Labute approximate surface area is 125 Å². The second-order valence-corrected chi connectivity index (χ2v) is 6.44. The molecule has 3 rings (SSSR count). The molecule has 0 saturated carbocycles. The van der Waals surface area contributed by atoms with Gasteiger partial charge in [-0.15, -0.1) is 0 Å². The summed E-state index contributed by atoms with van der Waals surface area (Å²) in [4.78, 5) is 31.1. The first-order valence-electron chi connectivity index (χ1n) is 7.16. The molecule has 1 saturated heterocycles. The molecule has 0 unspecified atom stereocenters. The standard InChI is InChI=1S/C13H19N5O2S/c1-16-10-9(21-12(14)15-10)11(19)18(13(16)20)8-7-17-5-3-2-4-6-17/h2-8H2,1H3,(H2,14,15).